The van der Waals surface area contributed by atoms with E-state index in [1.807, 2.05) is 24.3 Å². The van der Waals surface area contributed by atoms with E-state index in [0.29, 0.717) is 22.7 Å². The molecule has 18 heavy (non-hydrogen) atoms. The van der Waals surface area contributed by atoms with E-state index >= 15 is 0 Å². The summed E-state index contributed by atoms with van der Waals surface area (Å²) in [5.74, 6) is 0. The van der Waals surface area contributed by atoms with Gasteiger partial charge in [0.1, 0.15) is 0 Å². The Balaban J connectivity index is 2.66. The van der Waals surface area contributed by atoms with Gasteiger partial charge in [0, 0.05) is 33.2 Å². The zero-order valence-electron chi connectivity index (χ0n) is 9.77. The van der Waals surface area contributed by atoms with E-state index in [-0.39, 0.29) is 0 Å². The first-order valence-corrected chi connectivity index (χ1v) is 5.64. The summed E-state index contributed by atoms with van der Waals surface area (Å²) in [6, 6.07) is 11.2. The van der Waals surface area contributed by atoms with Crippen molar-refractivity contribution in [3.63, 3.8) is 0 Å². The predicted molar refractivity (Wildman–Crippen MR) is 79.1 cm³/mol. The minimum Gasteiger partial charge on any atom is -0.398 e. The third kappa shape index (κ3) is 1.26. The van der Waals surface area contributed by atoms with Gasteiger partial charge in [-0.2, -0.15) is 0 Å². The molecule has 0 aliphatic heterocycles. The van der Waals surface area contributed by atoms with Crippen LogP contribution in [0.25, 0.3) is 21.5 Å². The predicted octanol–water partition coefficient (Wildman–Crippen LogP) is 2.32. The Hall–Kier alpha value is -2.62. The summed E-state index contributed by atoms with van der Waals surface area (Å²) >= 11 is 0. The number of anilines is 4. The Bertz CT molecular complexity index is 778. The standard InChI is InChI=1S/C14H14N4/c15-9-4-5-11(17)13-8(9)6-7-2-1-3-10(16)12(7)14(13)18/h1-6H,15-18H2. The first-order chi connectivity index (χ1) is 8.59. The molecule has 0 saturated carbocycles. The van der Waals surface area contributed by atoms with E-state index < -0.39 is 0 Å². The van der Waals surface area contributed by atoms with Gasteiger partial charge in [-0.15, -0.1) is 0 Å². The molecule has 0 unspecified atom stereocenters. The summed E-state index contributed by atoms with van der Waals surface area (Å²) in [6.07, 6.45) is 0. The molecule has 0 bridgehead atoms. The summed E-state index contributed by atoms with van der Waals surface area (Å²) in [5, 5.41) is 3.45. The van der Waals surface area contributed by atoms with Gasteiger partial charge in [0.2, 0.25) is 0 Å². The summed E-state index contributed by atoms with van der Waals surface area (Å²) in [6.45, 7) is 0. The van der Waals surface area contributed by atoms with Gasteiger partial charge in [0.25, 0.3) is 0 Å². The molecule has 0 atom stereocenters. The molecule has 4 nitrogen and oxygen atoms in total. The smallest absolute Gasteiger partial charge is 0.0516 e. The fraction of sp³-hybridized carbons (Fsp3) is 0. The molecule has 0 heterocycles. The van der Waals surface area contributed by atoms with Crippen molar-refractivity contribution < 1.29 is 0 Å². The minimum absolute atomic E-state index is 0.588. The van der Waals surface area contributed by atoms with Crippen LogP contribution in [0.3, 0.4) is 0 Å². The molecule has 3 aromatic rings. The molecule has 8 N–H and O–H groups in total. The van der Waals surface area contributed by atoms with Crippen LogP contribution in [0.2, 0.25) is 0 Å². The van der Waals surface area contributed by atoms with Crippen LogP contribution in [-0.2, 0) is 0 Å². The molecule has 0 aliphatic carbocycles. The van der Waals surface area contributed by atoms with Crippen molar-refractivity contribution in [1.82, 2.24) is 0 Å². The summed E-state index contributed by atoms with van der Waals surface area (Å²) in [7, 11) is 0. The Kier molecular flexibility index (Phi) is 2.01. The molecule has 0 fully saturated rings. The maximum Gasteiger partial charge on any atom is 0.0516 e. The van der Waals surface area contributed by atoms with Crippen molar-refractivity contribution in [3.05, 3.63) is 36.4 Å². The normalized spacial score (nSPS) is 11.1. The molecule has 0 amide bonds. The van der Waals surface area contributed by atoms with Crippen molar-refractivity contribution in [2.75, 3.05) is 22.9 Å². The van der Waals surface area contributed by atoms with Crippen molar-refractivity contribution in [3.8, 4) is 0 Å². The average molecular weight is 238 g/mol. The quantitative estimate of drug-likeness (QED) is 0.356. The average Bonchev–Trinajstić information content (AvgIpc) is 2.34. The van der Waals surface area contributed by atoms with Gasteiger partial charge in [0.05, 0.1) is 5.69 Å². The Labute approximate surface area is 104 Å². The minimum atomic E-state index is 0.588. The summed E-state index contributed by atoms with van der Waals surface area (Å²) in [4.78, 5) is 0. The van der Waals surface area contributed by atoms with Crippen LogP contribution in [0.15, 0.2) is 36.4 Å². The van der Waals surface area contributed by atoms with Crippen LogP contribution in [0.5, 0.6) is 0 Å². The Morgan fingerprint density at radius 3 is 2.11 bits per heavy atom. The number of fused-ring (bicyclic) bond motifs is 2. The largest absolute Gasteiger partial charge is 0.398 e. The highest BCUT2D eigenvalue weighted by Gasteiger charge is 2.11. The summed E-state index contributed by atoms with van der Waals surface area (Å²) < 4.78 is 0. The first-order valence-electron chi connectivity index (χ1n) is 5.64. The molecular formula is C14H14N4. The maximum atomic E-state index is 6.21. The van der Waals surface area contributed by atoms with Crippen LogP contribution < -0.4 is 22.9 Å². The number of nitrogen functional groups attached to an aromatic ring is 4. The van der Waals surface area contributed by atoms with Crippen molar-refractivity contribution in [2.24, 2.45) is 0 Å². The highest BCUT2D eigenvalue weighted by Crippen LogP contribution is 2.38. The zero-order valence-corrected chi connectivity index (χ0v) is 9.77. The number of hydrogen-bond donors (Lipinski definition) is 4. The second-order valence-corrected chi connectivity index (χ2v) is 4.40. The van der Waals surface area contributed by atoms with E-state index in [1.54, 1.807) is 12.1 Å². The van der Waals surface area contributed by atoms with Crippen molar-refractivity contribution in [1.29, 1.82) is 0 Å². The van der Waals surface area contributed by atoms with Gasteiger partial charge >= 0.3 is 0 Å². The molecule has 90 valence electrons. The van der Waals surface area contributed by atoms with E-state index in [4.69, 9.17) is 22.9 Å². The van der Waals surface area contributed by atoms with E-state index in [9.17, 15) is 0 Å². The molecule has 0 aromatic heterocycles. The van der Waals surface area contributed by atoms with Gasteiger partial charge in [-0.1, -0.05) is 12.1 Å². The van der Waals surface area contributed by atoms with E-state index in [1.165, 1.54) is 0 Å². The van der Waals surface area contributed by atoms with E-state index in [2.05, 4.69) is 0 Å². The first kappa shape index (κ1) is 10.5. The molecular weight excluding hydrogens is 224 g/mol. The topological polar surface area (TPSA) is 104 Å². The lowest BCUT2D eigenvalue weighted by molar-refractivity contribution is 1.71. The van der Waals surface area contributed by atoms with E-state index in [0.717, 1.165) is 21.5 Å². The third-order valence-corrected chi connectivity index (χ3v) is 3.28. The van der Waals surface area contributed by atoms with Crippen LogP contribution in [0, 0.1) is 0 Å². The Morgan fingerprint density at radius 2 is 1.33 bits per heavy atom. The second kappa shape index (κ2) is 3.43. The van der Waals surface area contributed by atoms with Crippen LogP contribution in [-0.4, -0.2) is 0 Å². The van der Waals surface area contributed by atoms with Gasteiger partial charge in [0.15, 0.2) is 0 Å². The third-order valence-electron chi connectivity index (χ3n) is 3.28. The molecule has 0 spiro atoms. The second-order valence-electron chi connectivity index (χ2n) is 4.40. The van der Waals surface area contributed by atoms with Crippen LogP contribution >= 0.6 is 0 Å². The fourth-order valence-corrected chi connectivity index (χ4v) is 2.41. The molecule has 4 heteroatoms. The summed E-state index contributed by atoms with van der Waals surface area (Å²) in [5.41, 5.74) is 26.7. The number of hydrogen-bond acceptors (Lipinski definition) is 4. The number of rotatable bonds is 0. The lowest BCUT2D eigenvalue weighted by Gasteiger charge is -2.13. The van der Waals surface area contributed by atoms with Crippen molar-refractivity contribution >= 4 is 44.3 Å². The van der Waals surface area contributed by atoms with Crippen LogP contribution in [0.4, 0.5) is 22.7 Å². The Morgan fingerprint density at radius 1 is 0.667 bits per heavy atom. The zero-order chi connectivity index (χ0) is 12.9. The highest BCUT2D eigenvalue weighted by molar-refractivity contribution is 6.19. The fourth-order valence-electron chi connectivity index (χ4n) is 2.41. The monoisotopic (exact) mass is 238 g/mol. The van der Waals surface area contributed by atoms with Gasteiger partial charge in [-0.25, -0.2) is 0 Å². The molecule has 0 saturated heterocycles. The van der Waals surface area contributed by atoms with Gasteiger partial charge < -0.3 is 22.9 Å². The van der Waals surface area contributed by atoms with Gasteiger partial charge in [-0.3, -0.25) is 0 Å². The SMILES string of the molecule is Nc1ccc(N)c2c(N)c3c(N)cccc3cc12. The lowest BCUT2D eigenvalue weighted by atomic mass is 9.98. The highest BCUT2D eigenvalue weighted by atomic mass is 14.7. The molecule has 3 aromatic carbocycles. The number of nitrogens with two attached hydrogens (primary N) is 4. The van der Waals surface area contributed by atoms with Crippen LogP contribution in [0.1, 0.15) is 0 Å². The number of benzene rings is 3. The maximum absolute atomic E-state index is 6.21. The molecule has 0 radical (unpaired) electrons. The van der Waals surface area contributed by atoms with Gasteiger partial charge in [-0.05, 0) is 29.7 Å². The molecule has 3 rings (SSSR count). The van der Waals surface area contributed by atoms with Crippen molar-refractivity contribution in [2.45, 2.75) is 0 Å². The lowest BCUT2D eigenvalue weighted by Crippen LogP contribution is -1.99. The molecule has 0 aliphatic rings.